The van der Waals surface area contributed by atoms with Gasteiger partial charge in [0, 0.05) is 5.56 Å². The molecule has 84 valence electrons. The molecule has 0 aliphatic carbocycles. The van der Waals surface area contributed by atoms with Crippen LogP contribution >= 0.6 is 0 Å². The van der Waals surface area contributed by atoms with Crippen molar-refractivity contribution < 1.29 is 0 Å². The number of hydrogen-bond acceptors (Lipinski definition) is 1. The van der Waals surface area contributed by atoms with E-state index in [1.807, 2.05) is 58.9 Å². The lowest BCUT2D eigenvalue weighted by atomic mass is 10.1. The Labute approximate surface area is 94.6 Å². The summed E-state index contributed by atoms with van der Waals surface area (Å²) < 4.78 is 0. The lowest BCUT2D eigenvalue weighted by molar-refractivity contribution is 1.49. The molecule has 1 aromatic rings. The minimum Gasteiger partial charge on any atom is -0.264 e. The first kappa shape index (κ1) is 16.1. The monoisotopic (exact) mass is 205 g/mol. The summed E-state index contributed by atoms with van der Waals surface area (Å²) in [6, 6.07) is 7.83. The van der Waals surface area contributed by atoms with Gasteiger partial charge < -0.3 is 0 Å². The van der Waals surface area contributed by atoms with Crippen molar-refractivity contribution in [3.63, 3.8) is 0 Å². The Balaban J connectivity index is 0. The number of benzene rings is 1. The van der Waals surface area contributed by atoms with Crippen LogP contribution in [0.5, 0.6) is 0 Å². The fraction of sp³-hybridized carbons (Fsp3) is 0.357. The first-order valence-electron chi connectivity index (χ1n) is 5.47. The molecule has 0 aliphatic heterocycles. The molecule has 0 fully saturated rings. The van der Waals surface area contributed by atoms with Crippen LogP contribution in [0.1, 0.15) is 40.2 Å². The predicted molar refractivity (Wildman–Crippen MR) is 73.1 cm³/mol. The maximum Gasteiger partial charge on any atom is 0.0697 e. The Morgan fingerprint density at radius 3 is 1.87 bits per heavy atom. The summed E-state index contributed by atoms with van der Waals surface area (Å²) in [6.07, 6.45) is 0. The summed E-state index contributed by atoms with van der Waals surface area (Å²) in [5.41, 5.74) is 3.00. The quantitative estimate of drug-likeness (QED) is 0.595. The third-order valence-corrected chi connectivity index (χ3v) is 1.53. The van der Waals surface area contributed by atoms with Crippen LogP contribution in [-0.4, -0.2) is 6.72 Å². The molecule has 1 rings (SSSR count). The number of nitrogens with zero attached hydrogens (tertiary/aromatic N) is 1. The molecule has 0 aliphatic rings. The van der Waals surface area contributed by atoms with Crippen LogP contribution in [0.2, 0.25) is 0 Å². The van der Waals surface area contributed by atoms with Crippen molar-refractivity contribution in [2.45, 2.75) is 34.6 Å². The standard InChI is InChI=1S/C10H11N.2C2H6/c1-8(2)9-6-4-5-7-10(9)11-3;2*1-2/h4-7H,1,3H2,2H3;2*1-2H3. The van der Waals surface area contributed by atoms with Crippen LogP contribution < -0.4 is 0 Å². The predicted octanol–water partition coefficient (Wildman–Crippen LogP) is 5.10. The average molecular weight is 205 g/mol. The second kappa shape index (κ2) is 10.7. The summed E-state index contributed by atoms with van der Waals surface area (Å²) in [6.45, 7) is 17.3. The molecule has 0 aromatic heterocycles. The van der Waals surface area contributed by atoms with Gasteiger partial charge >= 0.3 is 0 Å². The van der Waals surface area contributed by atoms with Crippen molar-refractivity contribution in [3.8, 4) is 0 Å². The Hall–Kier alpha value is -1.37. The molecule has 0 atom stereocenters. The highest BCUT2D eigenvalue weighted by molar-refractivity contribution is 5.72. The maximum absolute atomic E-state index is 3.88. The number of allylic oxidation sites excluding steroid dienone is 1. The first-order valence-corrected chi connectivity index (χ1v) is 5.47. The molecular formula is C14H23N. The number of hydrogen-bond donors (Lipinski definition) is 0. The molecule has 0 spiro atoms. The number of rotatable bonds is 2. The number of aliphatic imine (C=N–C) groups is 1. The Morgan fingerprint density at radius 1 is 1.07 bits per heavy atom. The van der Waals surface area contributed by atoms with Gasteiger partial charge in [0.2, 0.25) is 0 Å². The lowest BCUT2D eigenvalue weighted by Crippen LogP contribution is -1.77. The molecular weight excluding hydrogens is 182 g/mol. The third kappa shape index (κ3) is 5.84. The van der Waals surface area contributed by atoms with Gasteiger partial charge in [-0.15, -0.1) is 0 Å². The zero-order valence-corrected chi connectivity index (χ0v) is 10.7. The van der Waals surface area contributed by atoms with Crippen molar-refractivity contribution >= 4 is 18.0 Å². The highest BCUT2D eigenvalue weighted by Crippen LogP contribution is 2.23. The zero-order valence-electron chi connectivity index (χ0n) is 10.7. The van der Waals surface area contributed by atoms with Gasteiger partial charge in [-0.3, -0.25) is 4.99 Å². The van der Waals surface area contributed by atoms with Crippen LogP contribution in [0.4, 0.5) is 5.69 Å². The molecule has 0 unspecified atom stereocenters. The van der Waals surface area contributed by atoms with Gasteiger partial charge in [0.1, 0.15) is 0 Å². The molecule has 0 saturated carbocycles. The van der Waals surface area contributed by atoms with Crippen LogP contribution in [0.15, 0.2) is 35.8 Å². The molecule has 0 saturated heterocycles. The summed E-state index contributed by atoms with van der Waals surface area (Å²) in [5.74, 6) is 0. The van der Waals surface area contributed by atoms with E-state index in [1.54, 1.807) is 0 Å². The highest BCUT2D eigenvalue weighted by Gasteiger charge is 1.97. The largest absolute Gasteiger partial charge is 0.264 e. The summed E-state index contributed by atoms with van der Waals surface area (Å²) in [5, 5.41) is 0. The molecule has 0 radical (unpaired) electrons. The third-order valence-electron chi connectivity index (χ3n) is 1.53. The van der Waals surface area contributed by atoms with Crippen LogP contribution in [0.25, 0.3) is 5.57 Å². The van der Waals surface area contributed by atoms with Crippen molar-refractivity contribution in [1.82, 2.24) is 0 Å². The van der Waals surface area contributed by atoms with Crippen LogP contribution in [0, 0.1) is 0 Å². The van der Waals surface area contributed by atoms with Crippen molar-refractivity contribution in [2.75, 3.05) is 0 Å². The van der Waals surface area contributed by atoms with Gasteiger partial charge in [-0.05, 0) is 25.3 Å². The molecule has 0 amide bonds. The first-order chi connectivity index (χ1) is 7.25. The zero-order chi connectivity index (χ0) is 12.3. The Bertz CT molecular complexity index is 287. The van der Waals surface area contributed by atoms with Gasteiger partial charge in [-0.1, -0.05) is 52.5 Å². The smallest absolute Gasteiger partial charge is 0.0697 e. The Morgan fingerprint density at radius 2 is 1.53 bits per heavy atom. The maximum atomic E-state index is 3.88. The van der Waals surface area contributed by atoms with E-state index in [-0.39, 0.29) is 0 Å². The molecule has 1 heteroatoms. The topological polar surface area (TPSA) is 12.4 Å². The summed E-state index contributed by atoms with van der Waals surface area (Å²) in [4.78, 5) is 3.88. The second-order valence-electron chi connectivity index (χ2n) is 2.46. The van der Waals surface area contributed by atoms with E-state index >= 15 is 0 Å². The summed E-state index contributed by atoms with van der Waals surface area (Å²) >= 11 is 0. The molecule has 0 heterocycles. The van der Waals surface area contributed by atoms with Crippen molar-refractivity contribution in [1.29, 1.82) is 0 Å². The SMILES string of the molecule is C=Nc1ccccc1C(=C)C.CC.CC. The van der Waals surface area contributed by atoms with E-state index in [0.29, 0.717) is 0 Å². The average Bonchev–Trinajstić information content (AvgIpc) is 2.34. The van der Waals surface area contributed by atoms with Crippen molar-refractivity contribution in [3.05, 3.63) is 36.4 Å². The van der Waals surface area contributed by atoms with Gasteiger partial charge in [0.15, 0.2) is 0 Å². The molecule has 0 bridgehead atoms. The van der Waals surface area contributed by atoms with E-state index < -0.39 is 0 Å². The van der Waals surface area contributed by atoms with E-state index in [4.69, 9.17) is 0 Å². The van der Waals surface area contributed by atoms with Gasteiger partial charge in [0.25, 0.3) is 0 Å². The van der Waals surface area contributed by atoms with Gasteiger partial charge in [-0.2, -0.15) is 0 Å². The number of para-hydroxylation sites is 1. The minimum absolute atomic E-state index is 0.903. The second-order valence-corrected chi connectivity index (χ2v) is 2.46. The molecule has 0 N–H and O–H groups in total. The molecule has 15 heavy (non-hydrogen) atoms. The van der Waals surface area contributed by atoms with Crippen LogP contribution in [0.3, 0.4) is 0 Å². The van der Waals surface area contributed by atoms with Crippen LogP contribution in [-0.2, 0) is 0 Å². The minimum atomic E-state index is 0.903. The normalized spacial score (nSPS) is 7.53. The fourth-order valence-corrected chi connectivity index (χ4v) is 0.972. The lowest BCUT2D eigenvalue weighted by Gasteiger charge is -2.02. The van der Waals surface area contributed by atoms with Crippen molar-refractivity contribution in [2.24, 2.45) is 4.99 Å². The summed E-state index contributed by atoms with van der Waals surface area (Å²) in [7, 11) is 0. The van der Waals surface area contributed by atoms with E-state index in [1.165, 1.54) is 0 Å². The molecule has 1 nitrogen and oxygen atoms in total. The molecule has 1 aromatic carbocycles. The van der Waals surface area contributed by atoms with Gasteiger partial charge in [-0.25, -0.2) is 0 Å². The fourth-order valence-electron chi connectivity index (χ4n) is 0.972. The van der Waals surface area contributed by atoms with E-state index in [9.17, 15) is 0 Å². The van der Waals surface area contributed by atoms with E-state index in [0.717, 1.165) is 16.8 Å². The Kier molecular flexibility index (Phi) is 11.5. The van der Waals surface area contributed by atoms with E-state index in [2.05, 4.69) is 18.3 Å². The van der Waals surface area contributed by atoms with Gasteiger partial charge in [0.05, 0.1) is 5.69 Å². The highest BCUT2D eigenvalue weighted by atomic mass is 14.7.